The Bertz CT molecular complexity index is 1160. The van der Waals surface area contributed by atoms with Gasteiger partial charge >= 0.3 is 0 Å². The monoisotopic (exact) mass is 425 g/mol. The van der Waals surface area contributed by atoms with E-state index in [2.05, 4.69) is 0 Å². The molecule has 7 heteroatoms. The lowest BCUT2D eigenvalue weighted by Gasteiger charge is -2.15. The Morgan fingerprint density at radius 1 is 1.13 bits per heavy atom. The molecule has 0 bridgehead atoms. The lowest BCUT2D eigenvalue weighted by Crippen LogP contribution is -2.23. The number of Topliss-reactive ketones (excluding diaryl/α,β-unsaturated/α-hetero) is 1. The van der Waals surface area contributed by atoms with Crippen LogP contribution in [0.2, 0.25) is 0 Å². The van der Waals surface area contributed by atoms with Crippen molar-refractivity contribution in [3.8, 4) is 5.75 Å². The largest absolute Gasteiger partial charge is 0.483 e. The van der Waals surface area contributed by atoms with Crippen molar-refractivity contribution in [3.05, 3.63) is 99.0 Å². The zero-order valence-corrected chi connectivity index (χ0v) is 16.9. The highest BCUT2D eigenvalue weighted by molar-refractivity contribution is 5.96. The van der Waals surface area contributed by atoms with Gasteiger partial charge in [-0.25, -0.2) is 8.78 Å². The summed E-state index contributed by atoms with van der Waals surface area (Å²) < 4.78 is 34.1. The third-order valence-corrected chi connectivity index (χ3v) is 4.93. The highest BCUT2D eigenvalue weighted by Gasteiger charge is 2.20. The third-order valence-electron chi connectivity index (χ3n) is 4.93. The number of hydrogen-bond acceptors (Lipinski definition) is 4. The number of aromatic nitrogens is 1. The van der Waals surface area contributed by atoms with Gasteiger partial charge in [-0.2, -0.15) is 0 Å². The second-order valence-corrected chi connectivity index (χ2v) is 7.04. The van der Waals surface area contributed by atoms with E-state index in [0.29, 0.717) is 12.0 Å². The van der Waals surface area contributed by atoms with Crippen LogP contribution in [0.15, 0.2) is 59.5 Å². The molecule has 0 radical (unpaired) electrons. The summed E-state index contributed by atoms with van der Waals surface area (Å²) in [6.07, 6.45) is 1.83. The standard InChI is InChI=1S/C24H21F2NO4/c1-16-24(31-15-17-5-3-2-4-6-17)23(30)20(14-27(16)11-12-28)22(29)10-8-18-7-9-19(25)13-21(18)26/h2-7,9,12-14H,8,10-11,15H2,1H3. The van der Waals surface area contributed by atoms with Crippen molar-refractivity contribution in [2.45, 2.75) is 32.9 Å². The van der Waals surface area contributed by atoms with Crippen LogP contribution in [0.3, 0.4) is 0 Å². The summed E-state index contributed by atoms with van der Waals surface area (Å²) in [5, 5.41) is 0. The summed E-state index contributed by atoms with van der Waals surface area (Å²) in [5.74, 6) is -1.98. The minimum Gasteiger partial charge on any atom is -0.483 e. The second-order valence-electron chi connectivity index (χ2n) is 7.04. The molecule has 3 rings (SSSR count). The second kappa shape index (κ2) is 9.93. The number of halogens is 2. The molecule has 0 amide bonds. The highest BCUT2D eigenvalue weighted by atomic mass is 19.1. The van der Waals surface area contributed by atoms with E-state index in [1.165, 1.54) is 16.8 Å². The van der Waals surface area contributed by atoms with Crippen molar-refractivity contribution in [1.29, 1.82) is 0 Å². The van der Waals surface area contributed by atoms with Crippen molar-refractivity contribution >= 4 is 12.1 Å². The first-order valence-corrected chi connectivity index (χ1v) is 9.72. The number of hydrogen-bond donors (Lipinski definition) is 0. The molecule has 160 valence electrons. The van der Waals surface area contributed by atoms with E-state index in [-0.39, 0.29) is 42.9 Å². The Balaban J connectivity index is 1.87. The SMILES string of the molecule is Cc1c(OCc2ccccc2)c(=O)c(C(=O)CCc2ccc(F)cc2F)cn1CC=O. The van der Waals surface area contributed by atoms with Crippen molar-refractivity contribution in [3.63, 3.8) is 0 Å². The minimum atomic E-state index is -0.748. The molecule has 0 aliphatic carbocycles. The molecule has 3 aromatic rings. The van der Waals surface area contributed by atoms with E-state index < -0.39 is 22.8 Å². The number of ether oxygens (including phenoxy) is 1. The van der Waals surface area contributed by atoms with Gasteiger partial charge in [-0.1, -0.05) is 36.4 Å². The third kappa shape index (κ3) is 5.31. The van der Waals surface area contributed by atoms with Gasteiger partial charge in [-0.05, 0) is 30.5 Å². The number of nitrogens with zero attached hydrogens (tertiary/aromatic N) is 1. The Morgan fingerprint density at radius 2 is 1.87 bits per heavy atom. The van der Waals surface area contributed by atoms with Crippen LogP contribution < -0.4 is 10.2 Å². The maximum Gasteiger partial charge on any atom is 0.234 e. The van der Waals surface area contributed by atoms with Gasteiger partial charge in [-0.15, -0.1) is 0 Å². The number of aldehydes is 1. The predicted octanol–water partition coefficient (Wildman–Crippen LogP) is 4.03. The van der Waals surface area contributed by atoms with E-state index in [1.807, 2.05) is 30.3 Å². The molecular formula is C24H21F2NO4. The van der Waals surface area contributed by atoms with Crippen LogP contribution in [0.1, 0.15) is 33.6 Å². The molecule has 1 aromatic heterocycles. The molecule has 2 aromatic carbocycles. The Hall–Kier alpha value is -3.61. The van der Waals surface area contributed by atoms with Gasteiger partial charge in [0.1, 0.15) is 24.5 Å². The average molecular weight is 425 g/mol. The Labute approximate surface area is 177 Å². The van der Waals surface area contributed by atoms with Crippen LogP contribution in [0.5, 0.6) is 5.75 Å². The quantitative estimate of drug-likeness (QED) is 0.384. The van der Waals surface area contributed by atoms with Gasteiger partial charge in [0, 0.05) is 18.7 Å². The molecule has 0 atom stereocenters. The Kier molecular flexibility index (Phi) is 7.07. The van der Waals surface area contributed by atoms with Crippen molar-refractivity contribution in [2.24, 2.45) is 0 Å². The molecule has 0 aliphatic heterocycles. The smallest absolute Gasteiger partial charge is 0.234 e. The van der Waals surface area contributed by atoms with Crippen LogP contribution in [0, 0.1) is 18.6 Å². The van der Waals surface area contributed by atoms with Crippen LogP contribution in [-0.2, 0) is 24.4 Å². The lowest BCUT2D eigenvalue weighted by atomic mass is 10.0. The number of carbonyl (C=O) groups is 2. The molecule has 5 nitrogen and oxygen atoms in total. The average Bonchev–Trinajstić information content (AvgIpc) is 2.75. The van der Waals surface area contributed by atoms with Crippen LogP contribution in [0.4, 0.5) is 8.78 Å². The van der Waals surface area contributed by atoms with Crippen LogP contribution >= 0.6 is 0 Å². The molecule has 0 saturated carbocycles. The van der Waals surface area contributed by atoms with Crippen molar-refractivity contribution in [1.82, 2.24) is 4.57 Å². The summed E-state index contributed by atoms with van der Waals surface area (Å²) in [6, 6.07) is 12.3. The van der Waals surface area contributed by atoms with Crippen LogP contribution in [-0.4, -0.2) is 16.6 Å². The molecule has 0 fully saturated rings. The first-order chi connectivity index (χ1) is 14.9. The first-order valence-electron chi connectivity index (χ1n) is 9.72. The fourth-order valence-electron chi connectivity index (χ4n) is 3.20. The molecule has 31 heavy (non-hydrogen) atoms. The van der Waals surface area contributed by atoms with E-state index in [0.717, 1.165) is 17.7 Å². The minimum absolute atomic E-state index is 0.00610. The summed E-state index contributed by atoms with van der Waals surface area (Å²) in [4.78, 5) is 36.8. The topological polar surface area (TPSA) is 65.4 Å². The van der Waals surface area contributed by atoms with E-state index in [9.17, 15) is 23.2 Å². The summed E-state index contributed by atoms with van der Waals surface area (Å²) in [5.41, 5.74) is 0.717. The van der Waals surface area contributed by atoms with Gasteiger partial charge in [0.25, 0.3) is 0 Å². The van der Waals surface area contributed by atoms with E-state index >= 15 is 0 Å². The van der Waals surface area contributed by atoms with Gasteiger partial charge < -0.3 is 14.1 Å². The van der Waals surface area contributed by atoms with Gasteiger partial charge in [0.15, 0.2) is 11.5 Å². The van der Waals surface area contributed by atoms with E-state index in [1.54, 1.807) is 6.92 Å². The van der Waals surface area contributed by atoms with Crippen molar-refractivity contribution in [2.75, 3.05) is 0 Å². The molecular weight excluding hydrogens is 404 g/mol. The number of ketones is 1. The van der Waals surface area contributed by atoms with Gasteiger partial charge in [-0.3, -0.25) is 9.59 Å². The maximum absolute atomic E-state index is 13.8. The normalized spacial score (nSPS) is 10.7. The van der Waals surface area contributed by atoms with Gasteiger partial charge in [0.2, 0.25) is 5.43 Å². The first kappa shape index (κ1) is 22.1. The number of carbonyl (C=O) groups excluding carboxylic acids is 2. The predicted molar refractivity (Wildman–Crippen MR) is 111 cm³/mol. The number of aryl methyl sites for hydroxylation is 1. The molecule has 1 heterocycles. The van der Waals surface area contributed by atoms with Gasteiger partial charge in [0.05, 0.1) is 17.8 Å². The summed E-state index contributed by atoms with van der Waals surface area (Å²) >= 11 is 0. The number of rotatable bonds is 9. The lowest BCUT2D eigenvalue weighted by molar-refractivity contribution is -0.108. The molecule has 0 saturated heterocycles. The van der Waals surface area contributed by atoms with Crippen LogP contribution in [0.25, 0.3) is 0 Å². The fraction of sp³-hybridized carbons (Fsp3) is 0.208. The van der Waals surface area contributed by atoms with Crippen molar-refractivity contribution < 1.29 is 23.1 Å². The Morgan fingerprint density at radius 3 is 2.55 bits per heavy atom. The zero-order valence-electron chi connectivity index (χ0n) is 16.9. The number of benzene rings is 2. The fourth-order valence-corrected chi connectivity index (χ4v) is 3.20. The summed E-state index contributed by atoms with van der Waals surface area (Å²) in [7, 11) is 0. The zero-order chi connectivity index (χ0) is 22.4. The molecule has 0 N–H and O–H groups in total. The molecule has 0 aliphatic rings. The number of pyridine rings is 1. The molecule has 0 spiro atoms. The van der Waals surface area contributed by atoms with E-state index in [4.69, 9.17) is 4.74 Å². The highest BCUT2D eigenvalue weighted by Crippen LogP contribution is 2.18. The summed E-state index contributed by atoms with van der Waals surface area (Å²) in [6.45, 7) is 1.70. The molecule has 0 unspecified atom stereocenters. The maximum atomic E-state index is 13.8.